The van der Waals surface area contributed by atoms with Gasteiger partial charge in [0.2, 0.25) is 0 Å². The Morgan fingerprint density at radius 3 is 2.60 bits per heavy atom. The second kappa shape index (κ2) is 5.77. The van der Waals surface area contributed by atoms with Gasteiger partial charge in [0, 0.05) is 28.7 Å². The highest BCUT2D eigenvalue weighted by Gasteiger charge is 2.04. The minimum absolute atomic E-state index is 0.181. The molecule has 0 aliphatic heterocycles. The Bertz CT molecular complexity index is 408. The van der Waals surface area contributed by atoms with Crippen LogP contribution < -0.4 is 5.32 Å². The first kappa shape index (κ1) is 13.6. The van der Waals surface area contributed by atoms with Gasteiger partial charge in [-0.3, -0.25) is 0 Å². The van der Waals surface area contributed by atoms with E-state index in [-0.39, 0.29) is 5.75 Å². The number of hydrogen-bond acceptors (Lipinski definition) is 4. The molecule has 0 aromatic carbocycles. The third kappa shape index (κ3) is 5.44. The number of nitrogens with one attached hydrogen (secondary N) is 1. The fraction of sp³-hybridized carbons (Fsp3) is 0.500. The summed E-state index contributed by atoms with van der Waals surface area (Å²) in [6, 6.07) is 2.02. The molecule has 1 aromatic heterocycles. The lowest BCUT2D eigenvalue weighted by Crippen LogP contribution is -2.21. The van der Waals surface area contributed by atoms with Crippen LogP contribution in [-0.4, -0.2) is 27.0 Å². The Kier molecular flexibility index (Phi) is 5.24. The maximum atomic E-state index is 10.8. The van der Waals surface area contributed by atoms with Crippen LogP contribution in [0.2, 0.25) is 0 Å². The van der Waals surface area contributed by atoms with Crippen molar-refractivity contribution in [1.29, 1.82) is 0 Å². The zero-order chi connectivity index (χ0) is 11.5. The predicted molar refractivity (Wildman–Crippen MR) is 71.1 cm³/mol. The molecule has 7 heteroatoms. The molecule has 1 heterocycles. The van der Waals surface area contributed by atoms with Crippen molar-refractivity contribution in [2.45, 2.75) is 6.54 Å². The van der Waals surface area contributed by atoms with Crippen LogP contribution in [0.5, 0.6) is 0 Å². The number of rotatable bonds is 5. The third-order valence-electron chi connectivity index (χ3n) is 1.65. The van der Waals surface area contributed by atoms with E-state index >= 15 is 0 Å². The van der Waals surface area contributed by atoms with E-state index in [9.17, 15) is 8.42 Å². The van der Waals surface area contributed by atoms with E-state index in [1.807, 2.05) is 6.07 Å². The molecule has 1 rings (SSSR count). The average molecular weight is 377 g/mol. The molecule has 0 saturated heterocycles. The summed E-state index contributed by atoms with van der Waals surface area (Å²) in [5, 5.41) is 3.09. The Morgan fingerprint density at radius 1 is 1.47 bits per heavy atom. The summed E-state index contributed by atoms with van der Waals surface area (Å²) in [4.78, 5) is 1.17. The topological polar surface area (TPSA) is 46.2 Å². The lowest BCUT2D eigenvalue weighted by atomic mass is 10.4. The van der Waals surface area contributed by atoms with Gasteiger partial charge in [-0.25, -0.2) is 8.42 Å². The van der Waals surface area contributed by atoms with Crippen molar-refractivity contribution < 1.29 is 8.42 Å². The second-order valence-electron chi connectivity index (χ2n) is 3.14. The first-order valence-electron chi connectivity index (χ1n) is 4.20. The van der Waals surface area contributed by atoms with Gasteiger partial charge in [-0.2, -0.15) is 0 Å². The van der Waals surface area contributed by atoms with Crippen molar-refractivity contribution in [2.75, 3.05) is 18.6 Å². The van der Waals surface area contributed by atoms with Crippen LogP contribution in [0.4, 0.5) is 0 Å². The molecule has 1 N–H and O–H groups in total. The van der Waals surface area contributed by atoms with Crippen molar-refractivity contribution in [2.24, 2.45) is 0 Å². The maximum Gasteiger partial charge on any atom is 0.148 e. The lowest BCUT2D eigenvalue weighted by molar-refractivity contribution is 0.596. The molecule has 0 spiro atoms. The van der Waals surface area contributed by atoms with Gasteiger partial charge < -0.3 is 5.32 Å². The second-order valence-corrected chi connectivity index (χ2v) is 8.71. The summed E-state index contributed by atoms with van der Waals surface area (Å²) in [6.45, 7) is 1.19. The minimum Gasteiger partial charge on any atom is -0.311 e. The molecule has 0 unspecified atom stereocenters. The first-order chi connectivity index (χ1) is 6.88. The first-order valence-corrected chi connectivity index (χ1v) is 8.67. The van der Waals surface area contributed by atoms with E-state index in [1.165, 1.54) is 11.1 Å². The van der Waals surface area contributed by atoms with E-state index < -0.39 is 9.84 Å². The monoisotopic (exact) mass is 375 g/mol. The Hall–Kier alpha value is 0.570. The summed E-state index contributed by atoms with van der Waals surface area (Å²) < 4.78 is 23.8. The van der Waals surface area contributed by atoms with Crippen LogP contribution in [-0.2, 0) is 16.4 Å². The molecule has 0 aliphatic carbocycles. The molecular weight excluding hydrogens is 366 g/mol. The van der Waals surface area contributed by atoms with Crippen LogP contribution in [0, 0.1) is 0 Å². The predicted octanol–water partition coefficient (Wildman–Crippen LogP) is 2.41. The zero-order valence-corrected chi connectivity index (χ0v) is 12.9. The van der Waals surface area contributed by atoms with Crippen LogP contribution >= 0.6 is 43.2 Å². The van der Waals surface area contributed by atoms with Crippen molar-refractivity contribution in [3.05, 3.63) is 19.2 Å². The van der Waals surface area contributed by atoms with Gasteiger partial charge in [-0.05, 0) is 37.9 Å². The van der Waals surface area contributed by atoms with Crippen molar-refractivity contribution in [3.63, 3.8) is 0 Å². The van der Waals surface area contributed by atoms with Crippen molar-refractivity contribution >= 4 is 53.0 Å². The molecule has 0 bridgehead atoms. The van der Waals surface area contributed by atoms with Gasteiger partial charge in [0.15, 0.2) is 0 Å². The SMILES string of the molecule is CS(=O)(=O)CCNCc1cc(Br)c(Br)s1. The van der Waals surface area contributed by atoms with Crippen molar-refractivity contribution in [1.82, 2.24) is 5.32 Å². The highest BCUT2D eigenvalue weighted by atomic mass is 79.9. The number of sulfone groups is 1. The number of thiophene rings is 1. The van der Waals surface area contributed by atoms with Crippen LogP contribution in [0.15, 0.2) is 14.3 Å². The molecule has 0 atom stereocenters. The van der Waals surface area contributed by atoms with Crippen LogP contribution in [0.1, 0.15) is 4.88 Å². The van der Waals surface area contributed by atoms with Gasteiger partial charge in [-0.1, -0.05) is 0 Å². The molecule has 1 aromatic rings. The van der Waals surface area contributed by atoms with E-state index in [1.54, 1.807) is 11.3 Å². The smallest absolute Gasteiger partial charge is 0.148 e. The Labute approximate surface area is 110 Å². The molecule has 0 aliphatic rings. The van der Waals surface area contributed by atoms with E-state index in [2.05, 4.69) is 37.2 Å². The summed E-state index contributed by atoms with van der Waals surface area (Å²) >= 11 is 8.43. The number of halogens is 2. The molecule has 3 nitrogen and oxygen atoms in total. The summed E-state index contributed by atoms with van der Waals surface area (Å²) in [5.41, 5.74) is 0. The largest absolute Gasteiger partial charge is 0.311 e. The highest BCUT2D eigenvalue weighted by molar-refractivity contribution is 9.13. The molecule has 0 amide bonds. The summed E-state index contributed by atoms with van der Waals surface area (Å²) in [5.74, 6) is 0.181. The summed E-state index contributed by atoms with van der Waals surface area (Å²) in [7, 11) is -2.86. The molecule has 15 heavy (non-hydrogen) atoms. The Morgan fingerprint density at radius 2 is 2.13 bits per heavy atom. The molecule has 0 saturated carbocycles. The van der Waals surface area contributed by atoms with Crippen LogP contribution in [0.3, 0.4) is 0 Å². The van der Waals surface area contributed by atoms with Crippen LogP contribution in [0.25, 0.3) is 0 Å². The van der Waals surface area contributed by atoms with Gasteiger partial charge in [0.1, 0.15) is 9.84 Å². The Balaban J connectivity index is 2.32. The zero-order valence-electron chi connectivity index (χ0n) is 8.09. The normalized spacial score (nSPS) is 11.9. The van der Waals surface area contributed by atoms with E-state index in [0.29, 0.717) is 13.1 Å². The quantitative estimate of drug-likeness (QED) is 0.802. The lowest BCUT2D eigenvalue weighted by Gasteiger charge is -2.00. The van der Waals surface area contributed by atoms with Crippen molar-refractivity contribution in [3.8, 4) is 0 Å². The molecule has 0 radical (unpaired) electrons. The minimum atomic E-state index is -2.86. The highest BCUT2D eigenvalue weighted by Crippen LogP contribution is 2.32. The van der Waals surface area contributed by atoms with E-state index in [4.69, 9.17) is 0 Å². The van der Waals surface area contributed by atoms with E-state index in [0.717, 1.165) is 8.26 Å². The standard InChI is InChI=1S/C8H11Br2NO2S2/c1-15(12,13)3-2-11-5-6-4-7(9)8(10)14-6/h4,11H,2-3,5H2,1H3. The molecule has 0 fully saturated rings. The maximum absolute atomic E-state index is 10.8. The van der Waals surface area contributed by atoms with Gasteiger partial charge in [0.25, 0.3) is 0 Å². The fourth-order valence-corrected chi connectivity index (χ4v) is 3.61. The summed E-state index contributed by atoms with van der Waals surface area (Å²) in [6.07, 6.45) is 1.24. The molecular formula is C8H11Br2NO2S2. The van der Waals surface area contributed by atoms with Gasteiger partial charge >= 0.3 is 0 Å². The average Bonchev–Trinajstić information content (AvgIpc) is 2.39. The third-order valence-corrected chi connectivity index (χ3v) is 5.85. The number of hydrogen-bond donors (Lipinski definition) is 1. The van der Waals surface area contributed by atoms with Gasteiger partial charge in [0.05, 0.1) is 9.54 Å². The fourth-order valence-electron chi connectivity index (χ4n) is 0.948. The molecule has 86 valence electrons. The van der Waals surface area contributed by atoms with Gasteiger partial charge in [-0.15, -0.1) is 11.3 Å².